The van der Waals surface area contributed by atoms with Crippen molar-refractivity contribution in [2.75, 3.05) is 46.4 Å². The maximum Gasteiger partial charge on any atom is 0.508 e. The number of hydrogen-bond donors (Lipinski definition) is 0. The van der Waals surface area contributed by atoms with Crippen molar-refractivity contribution < 1.29 is 19.1 Å². The van der Waals surface area contributed by atoms with Gasteiger partial charge in [-0.2, -0.15) is 0 Å². The van der Waals surface area contributed by atoms with Crippen LogP contribution < -0.4 is 0 Å². The van der Waals surface area contributed by atoms with Crippen LogP contribution in [-0.4, -0.2) is 68.3 Å². The van der Waals surface area contributed by atoms with Gasteiger partial charge in [0.15, 0.2) is 0 Å². The molecule has 0 unspecified atom stereocenters. The Kier molecular flexibility index (Phi) is 19.1. The zero-order valence-electron chi connectivity index (χ0n) is 21.8. The first-order valence-corrected chi connectivity index (χ1v) is 13.9. The summed E-state index contributed by atoms with van der Waals surface area (Å²) in [5.41, 5.74) is 0. The highest BCUT2D eigenvalue weighted by Gasteiger charge is 2.12. The fourth-order valence-corrected chi connectivity index (χ4v) is 4.36. The Bertz CT molecular complexity index is 481. The Hall–Kier alpha value is -1.30. The van der Waals surface area contributed by atoms with Crippen molar-refractivity contribution in [3.8, 4) is 0 Å². The van der Waals surface area contributed by atoms with Gasteiger partial charge in [0.1, 0.15) is 13.2 Å². The third-order valence-electron chi connectivity index (χ3n) is 6.64. The average molecular weight is 469 g/mol. The summed E-state index contributed by atoms with van der Waals surface area (Å²) in [4.78, 5) is 27.9. The highest BCUT2D eigenvalue weighted by molar-refractivity contribution is 5.75. The predicted molar refractivity (Wildman–Crippen MR) is 136 cm³/mol. The van der Waals surface area contributed by atoms with Crippen LogP contribution >= 0.6 is 0 Å². The molecule has 0 saturated carbocycles. The minimum absolute atomic E-state index is 0.125. The van der Waals surface area contributed by atoms with Crippen LogP contribution in [0.2, 0.25) is 0 Å². The molecule has 0 radical (unpaired) electrons. The zero-order chi connectivity index (χ0) is 24.0. The standard InChI is InChI=1S/C27H52N2O4/c1-3-4-5-6-7-8-9-10-11-12-13-14-16-19-26(30)28(2)22-24-32-27(31)33-25-23-29-20-17-15-18-21-29/h3-25H2,1-2H3. The molecule has 194 valence electrons. The van der Waals surface area contributed by atoms with Crippen molar-refractivity contribution in [2.24, 2.45) is 0 Å². The van der Waals surface area contributed by atoms with E-state index in [1.807, 2.05) is 0 Å². The normalized spacial score (nSPS) is 14.2. The van der Waals surface area contributed by atoms with Gasteiger partial charge in [0, 0.05) is 20.0 Å². The molecule has 0 aromatic carbocycles. The maximum atomic E-state index is 12.2. The molecular weight excluding hydrogens is 416 g/mol. The fourth-order valence-electron chi connectivity index (χ4n) is 4.36. The van der Waals surface area contributed by atoms with Gasteiger partial charge in [0.05, 0.1) is 6.54 Å². The Morgan fingerprint density at radius 1 is 0.727 bits per heavy atom. The summed E-state index contributed by atoms with van der Waals surface area (Å²) in [6.45, 7) is 6.18. The fraction of sp³-hybridized carbons (Fsp3) is 0.926. The number of amides is 1. The SMILES string of the molecule is CCCCCCCCCCCCCCCC(=O)N(C)CCOC(=O)OCCN1CCCCC1. The molecular formula is C27H52N2O4. The molecule has 6 heteroatoms. The van der Waals surface area contributed by atoms with Crippen molar-refractivity contribution in [3.05, 3.63) is 0 Å². The second-order valence-corrected chi connectivity index (χ2v) is 9.66. The Morgan fingerprint density at radius 3 is 1.82 bits per heavy atom. The van der Waals surface area contributed by atoms with E-state index in [9.17, 15) is 9.59 Å². The van der Waals surface area contributed by atoms with Gasteiger partial charge in [0.2, 0.25) is 5.91 Å². The van der Waals surface area contributed by atoms with Crippen LogP contribution in [0.4, 0.5) is 4.79 Å². The first kappa shape index (κ1) is 29.7. The Balaban J connectivity index is 1.86. The Labute approximate surface area is 203 Å². The highest BCUT2D eigenvalue weighted by atomic mass is 16.7. The van der Waals surface area contributed by atoms with Gasteiger partial charge in [0.25, 0.3) is 0 Å². The van der Waals surface area contributed by atoms with E-state index in [1.165, 1.54) is 89.9 Å². The summed E-state index contributed by atoms with van der Waals surface area (Å²) in [5, 5.41) is 0. The van der Waals surface area contributed by atoms with Crippen molar-refractivity contribution >= 4 is 12.1 Å². The monoisotopic (exact) mass is 468 g/mol. The Morgan fingerprint density at radius 2 is 1.24 bits per heavy atom. The predicted octanol–water partition coefficient (Wildman–Crippen LogP) is 6.57. The summed E-state index contributed by atoms with van der Waals surface area (Å²) in [6.07, 6.45) is 20.7. The number of likely N-dealkylation sites (N-methyl/N-ethyl adjacent to an activating group) is 1. The topological polar surface area (TPSA) is 59.1 Å². The molecule has 1 amide bonds. The van der Waals surface area contributed by atoms with E-state index in [0.29, 0.717) is 19.6 Å². The first-order chi connectivity index (χ1) is 16.1. The lowest BCUT2D eigenvalue weighted by atomic mass is 10.0. The zero-order valence-corrected chi connectivity index (χ0v) is 21.8. The van der Waals surface area contributed by atoms with Gasteiger partial charge in [-0.1, -0.05) is 90.4 Å². The molecule has 1 fully saturated rings. The second kappa shape index (κ2) is 21.2. The van der Waals surface area contributed by atoms with Gasteiger partial charge < -0.3 is 14.4 Å². The molecule has 1 aliphatic rings. The number of nitrogens with zero attached hydrogens (tertiary/aromatic N) is 2. The van der Waals surface area contributed by atoms with E-state index in [0.717, 1.165) is 32.5 Å². The second-order valence-electron chi connectivity index (χ2n) is 9.66. The summed E-state index contributed by atoms with van der Waals surface area (Å²) < 4.78 is 10.2. The summed E-state index contributed by atoms with van der Waals surface area (Å²) in [5.74, 6) is 0.125. The van der Waals surface area contributed by atoms with Gasteiger partial charge >= 0.3 is 6.16 Å². The number of ether oxygens (including phenoxy) is 2. The van der Waals surface area contributed by atoms with E-state index in [4.69, 9.17) is 9.47 Å². The maximum absolute atomic E-state index is 12.2. The molecule has 0 bridgehead atoms. The minimum Gasteiger partial charge on any atom is -0.433 e. The number of carbonyl (C=O) groups is 2. The van der Waals surface area contributed by atoms with Gasteiger partial charge in [-0.25, -0.2) is 4.79 Å². The number of piperidine rings is 1. The number of carbonyl (C=O) groups excluding carboxylic acids is 2. The number of hydrogen-bond acceptors (Lipinski definition) is 5. The molecule has 1 rings (SSSR count). The molecule has 0 aromatic heterocycles. The van der Waals surface area contributed by atoms with Crippen LogP contribution in [0.25, 0.3) is 0 Å². The molecule has 6 nitrogen and oxygen atoms in total. The van der Waals surface area contributed by atoms with Gasteiger partial charge in [-0.15, -0.1) is 0 Å². The first-order valence-electron chi connectivity index (χ1n) is 13.9. The van der Waals surface area contributed by atoms with Crippen LogP contribution in [0, 0.1) is 0 Å². The molecule has 0 N–H and O–H groups in total. The molecule has 1 heterocycles. The van der Waals surface area contributed by atoms with Gasteiger partial charge in [-0.05, 0) is 32.4 Å². The van der Waals surface area contributed by atoms with E-state index >= 15 is 0 Å². The van der Waals surface area contributed by atoms with Crippen molar-refractivity contribution in [1.29, 1.82) is 0 Å². The van der Waals surface area contributed by atoms with E-state index in [1.54, 1.807) is 11.9 Å². The van der Waals surface area contributed by atoms with Crippen molar-refractivity contribution in [2.45, 2.75) is 116 Å². The van der Waals surface area contributed by atoms with Crippen LogP contribution in [0.15, 0.2) is 0 Å². The van der Waals surface area contributed by atoms with E-state index < -0.39 is 6.16 Å². The molecule has 1 saturated heterocycles. The van der Waals surface area contributed by atoms with E-state index in [-0.39, 0.29) is 12.5 Å². The summed E-state index contributed by atoms with van der Waals surface area (Å²) in [6, 6.07) is 0. The number of unbranched alkanes of at least 4 members (excludes halogenated alkanes) is 12. The average Bonchev–Trinajstić information content (AvgIpc) is 2.82. The third kappa shape index (κ3) is 17.8. The van der Waals surface area contributed by atoms with Gasteiger partial charge in [-0.3, -0.25) is 9.69 Å². The van der Waals surface area contributed by atoms with Crippen molar-refractivity contribution in [3.63, 3.8) is 0 Å². The summed E-state index contributed by atoms with van der Waals surface area (Å²) >= 11 is 0. The lowest BCUT2D eigenvalue weighted by Gasteiger charge is -2.25. The molecule has 0 aromatic rings. The molecule has 0 spiro atoms. The number of rotatable bonds is 20. The molecule has 0 atom stereocenters. The quantitative estimate of drug-likeness (QED) is 0.149. The number of likely N-dealkylation sites (tertiary alicyclic amines) is 1. The molecule has 0 aliphatic carbocycles. The smallest absolute Gasteiger partial charge is 0.433 e. The summed E-state index contributed by atoms with van der Waals surface area (Å²) in [7, 11) is 1.77. The highest BCUT2D eigenvalue weighted by Crippen LogP contribution is 2.13. The largest absolute Gasteiger partial charge is 0.508 e. The van der Waals surface area contributed by atoms with Crippen LogP contribution in [-0.2, 0) is 14.3 Å². The van der Waals surface area contributed by atoms with E-state index in [2.05, 4.69) is 11.8 Å². The minimum atomic E-state index is -0.635. The third-order valence-corrected chi connectivity index (χ3v) is 6.64. The van der Waals surface area contributed by atoms with Crippen LogP contribution in [0.1, 0.15) is 116 Å². The lowest BCUT2D eigenvalue weighted by Crippen LogP contribution is -2.33. The van der Waals surface area contributed by atoms with Crippen LogP contribution in [0.3, 0.4) is 0 Å². The molecule has 33 heavy (non-hydrogen) atoms. The van der Waals surface area contributed by atoms with Crippen molar-refractivity contribution in [1.82, 2.24) is 9.80 Å². The van der Waals surface area contributed by atoms with Crippen LogP contribution in [0.5, 0.6) is 0 Å². The molecule has 1 aliphatic heterocycles. The lowest BCUT2D eigenvalue weighted by molar-refractivity contribution is -0.130.